The van der Waals surface area contributed by atoms with E-state index < -0.39 is 14.4 Å². The van der Waals surface area contributed by atoms with E-state index in [1.165, 1.54) is 12.8 Å². The van der Waals surface area contributed by atoms with E-state index in [0.29, 0.717) is 18.4 Å². The zero-order chi connectivity index (χ0) is 15.8. The van der Waals surface area contributed by atoms with Gasteiger partial charge in [-0.25, -0.2) is 4.79 Å². The Balaban J connectivity index is 2.16. The van der Waals surface area contributed by atoms with Crippen LogP contribution in [0.2, 0.25) is 18.1 Å². The number of hydrogen-bond donors (Lipinski definition) is 2. The molecule has 0 unspecified atom stereocenters. The lowest BCUT2D eigenvalue weighted by molar-refractivity contribution is -0.0388. The van der Waals surface area contributed by atoms with Crippen molar-refractivity contribution >= 4 is 14.4 Å². The molecule has 2 aliphatic rings. The van der Waals surface area contributed by atoms with Crippen LogP contribution in [-0.4, -0.2) is 39.7 Å². The fourth-order valence-corrected chi connectivity index (χ4v) is 4.16. The molecule has 1 aliphatic carbocycles. The lowest BCUT2D eigenvalue weighted by atomic mass is 9.89. The molecule has 1 heterocycles. The van der Waals surface area contributed by atoms with E-state index in [0.717, 1.165) is 6.54 Å². The van der Waals surface area contributed by atoms with Crippen LogP contribution in [0, 0.1) is 11.8 Å². The molecule has 3 N–H and O–H groups in total. The van der Waals surface area contributed by atoms with Crippen LogP contribution in [-0.2, 0) is 9.16 Å². The Morgan fingerprint density at radius 1 is 1.24 bits per heavy atom. The van der Waals surface area contributed by atoms with Crippen molar-refractivity contribution in [3.05, 3.63) is 0 Å². The molecular weight excluding hydrogens is 284 g/mol. The molecule has 3 atom stereocenters. The number of carbonyl (C=O) groups excluding carboxylic acids is 1. The fraction of sp³-hybridized carbons (Fsp3) is 0.933. The van der Waals surface area contributed by atoms with Crippen molar-refractivity contribution in [2.24, 2.45) is 17.6 Å². The minimum absolute atomic E-state index is 0.0212. The summed E-state index contributed by atoms with van der Waals surface area (Å²) in [5.74, 6) is 1.13. The van der Waals surface area contributed by atoms with Gasteiger partial charge < -0.3 is 20.2 Å². The lowest BCUT2D eigenvalue weighted by Gasteiger charge is -2.45. The maximum absolute atomic E-state index is 11.2. The molecule has 1 amide bonds. The first kappa shape index (κ1) is 16.8. The van der Waals surface area contributed by atoms with Crippen molar-refractivity contribution in [1.29, 1.82) is 0 Å². The number of nitrogens with one attached hydrogen (secondary N) is 1. The van der Waals surface area contributed by atoms with Crippen molar-refractivity contribution in [1.82, 2.24) is 5.32 Å². The Kier molecular flexibility index (Phi) is 4.71. The van der Waals surface area contributed by atoms with Gasteiger partial charge in [0, 0.05) is 19.0 Å². The molecule has 0 bridgehead atoms. The van der Waals surface area contributed by atoms with Crippen LogP contribution in [0.15, 0.2) is 0 Å². The molecule has 0 spiro atoms. The van der Waals surface area contributed by atoms with E-state index in [1.54, 1.807) is 0 Å². The highest BCUT2D eigenvalue weighted by molar-refractivity contribution is 6.74. The number of carbonyl (C=O) groups is 1. The molecule has 0 aromatic heterocycles. The van der Waals surface area contributed by atoms with Gasteiger partial charge in [-0.1, -0.05) is 20.8 Å². The summed E-state index contributed by atoms with van der Waals surface area (Å²) in [5, 5.41) is 3.51. The van der Waals surface area contributed by atoms with Crippen LogP contribution in [0.25, 0.3) is 0 Å². The first-order chi connectivity index (χ1) is 9.62. The molecule has 6 heteroatoms. The Morgan fingerprint density at radius 3 is 2.33 bits per heavy atom. The molecule has 2 rings (SSSR count). The molecule has 1 saturated carbocycles. The van der Waals surface area contributed by atoms with Gasteiger partial charge in [0.15, 0.2) is 8.32 Å². The summed E-state index contributed by atoms with van der Waals surface area (Å²) in [7, 11) is -1.90. The quantitative estimate of drug-likeness (QED) is 0.782. The second-order valence-electron chi connectivity index (χ2n) is 7.98. The van der Waals surface area contributed by atoms with Crippen LogP contribution in [0.3, 0.4) is 0 Å². The average molecular weight is 315 g/mol. The number of rotatable bonds is 4. The second-order valence-corrected chi connectivity index (χ2v) is 12.7. The van der Waals surface area contributed by atoms with E-state index >= 15 is 0 Å². The summed E-state index contributed by atoms with van der Waals surface area (Å²) in [6.45, 7) is 12.8. The summed E-state index contributed by atoms with van der Waals surface area (Å²) in [5.41, 5.74) is 5.24. The highest BCUT2D eigenvalue weighted by Gasteiger charge is 2.48. The summed E-state index contributed by atoms with van der Waals surface area (Å²) in [4.78, 5) is 11.2. The molecule has 2 fully saturated rings. The topological polar surface area (TPSA) is 73.6 Å². The monoisotopic (exact) mass is 314 g/mol. The second kappa shape index (κ2) is 5.89. The van der Waals surface area contributed by atoms with Crippen molar-refractivity contribution in [2.45, 2.75) is 64.0 Å². The molecule has 21 heavy (non-hydrogen) atoms. The highest BCUT2D eigenvalue weighted by atomic mass is 28.4. The van der Waals surface area contributed by atoms with Crippen molar-refractivity contribution in [3.63, 3.8) is 0 Å². The number of nitrogens with two attached hydrogens (primary N) is 1. The SMILES string of the molecule is CC(C)(C)[Si](C)(C)O[C@@H]1[C@@H](C2CC2)CNC[C@H]1OC(N)=O. The molecule has 0 aromatic rings. The molecule has 0 radical (unpaired) electrons. The molecular formula is C15H30N2O3Si. The highest BCUT2D eigenvalue weighted by Crippen LogP contribution is 2.44. The van der Waals surface area contributed by atoms with Crippen LogP contribution < -0.4 is 11.1 Å². The number of amides is 1. The lowest BCUT2D eigenvalue weighted by Crippen LogP contribution is -2.58. The summed E-state index contributed by atoms with van der Waals surface area (Å²) >= 11 is 0. The van der Waals surface area contributed by atoms with Gasteiger partial charge in [-0.3, -0.25) is 0 Å². The normalized spacial score (nSPS) is 31.0. The van der Waals surface area contributed by atoms with Crippen molar-refractivity contribution in [2.75, 3.05) is 13.1 Å². The van der Waals surface area contributed by atoms with Gasteiger partial charge in [-0.2, -0.15) is 0 Å². The third-order valence-electron chi connectivity index (χ3n) is 5.25. The van der Waals surface area contributed by atoms with Crippen molar-refractivity contribution < 1.29 is 14.0 Å². The minimum atomic E-state index is -1.90. The summed E-state index contributed by atoms with van der Waals surface area (Å²) < 4.78 is 12.0. The van der Waals surface area contributed by atoms with Gasteiger partial charge in [0.2, 0.25) is 0 Å². The Hall–Kier alpha value is -0.593. The molecule has 5 nitrogen and oxygen atoms in total. The van der Waals surface area contributed by atoms with Gasteiger partial charge in [0.05, 0.1) is 6.10 Å². The Labute approximate surface area is 129 Å². The minimum Gasteiger partial charge on any atom is -0.442 e. The zero-order valence-electron chi connectivity index (χ0n) is 13.9. The first-order valence-corrected chi connectivity index (χ1v) is 10.9. The summed E-state index contributed by atoms with van der Waals surface area (Å²) in [6, 6.07) is 0. The van der Waals surface area contributed by atoms with Crippen LogP contribution in [0.4, 0.5) is 4.79 Å². The molecule has 1 aliphatic heterocycles. The van der Waals surface area contributed by atoms with E-state index in [-0.39, 0.29) is 17.2 Å². The predicted molar refractivity (Wildman–Crippen MR) is 85.6 cm³/mol. The summed E-state index contributed by atoms with van der Waals surface area (Å²) in [6.07, 6.45) is 1.52. The van der Waals surface area contributed by atoms with Gasteiger partial charge >= 0.3 is 6.09 Å². The largest absolute Gasteiger partial charge is 0.442 e. The molecule has 1 saturated heterocycles. The molecule has 122 valence electrons. The van der Waals surface area contributed by atoms with E-state index in [1.807, 2.05) is 0 Å². The van der Waals surface area contributed by atoms with Gasteiger partial charge in [-0.05, 0) is 36.9 Å². The standard InChI is InChI=1S/C15H30N2O3Si/c1-15(2,3)21(4,5)20-13-11(10-6-7-10)8-17-9-12(13)19-14(16)18/h10-13,17H,6-9H2,1-5H3,(H2,16,18)/t11-,12-,13-/m1/s1. The van der Waals surface area contributed by atoms with E-state index in [9.17, 15) is 4.79 Å². The number of ether oxygens (including phenoxy) is 1. The number of hydrogen-bond acceptors (Lipinski definition) is 4. The fourth-order valence-electron chi connectivity index (χ4n) is 2.80. The van der Waals surface area contributed by atoms with Crippen LogP contribution in [0.5, 0.6) is 0 Å². The van der Waals surface area contributed by atoms with Gasteiger partial charge in [0.1, 0.15) is 6.10 Å². The van der Waals surface area contributed by atoms with Crippen molar-refractivity contribution in [3.8, 4) is 0 Å². The first-order valence-electron chi connectivity index (χ1n) is 7.96. The number of primary amides is 1. The Bertz CT molecular complexity index is 391. The van der Waals surface area contributed by atoms with Gasteiger partial charge in [0.25, 0.3) is 0 Å². The Morgan fingerprint density at radius 2 is 1.86 bits per heavy atom. The third-order valence-corrected chi connectivity index (χ3v) is 9.72. The van der Waals surface area contributed by atoms with E-state index in [2.05, 4.69) is 39.2 Å². The zero-order valence-corrected chi connectivity index (χ0v) is 14.9. The number of piperidine rings is 1. The maximum atomic E-state index is 11.2. The average Bonchev–Trinajstić information content (AvgIpc) is 3.12. The molecule has 0 aromatic carbocycles. The van der Waals surface area contributed by atoms with Crippen LogP contribution in [0.1, 0.15) is 33.6 Å². The smallest absolute Gasteiger partial charge is 0.404 e. The van der Waals surface area contributed by atoms with E-state index in [4.69, 9.17) is 14.9 Å². The van der Waals surface area contributed by atoms with Gasteiger partial charge in [-0.15, -0.1) is 0 Å². The predicted octanol–water partition coefficient (Wildman–Crippen LogP) is 2.47. The van der Waals surface area contributed by atoms with Crippen LogP contribution >= 0.6 is 0 Å². The maximum Gasteiger partial charge on any atom is 0.404 e. The third kappa shape index (κ3) is 3.99.